The molecule has 42 heavy (non-hydrogen) atoms. The molecule has 0 spiro atoms. The molecule has 0 fully saturated rings. The number of nitro benzene ring substituents is 2. The van der Waals surface area contributed by atoms with Gasteiger partial charge in [0.05, 0.1) is 31.8 Å². The maximum atomic E-state index is 13.2. The summed E-state index contributed by atoms with van der Waals surface area (Å²) < 4.78 is 0. The molecule has 0 bridgehead atoms. The fourth-order valence-electron chi connectivity index (χ4n) is 5.63. The number of non-ortho nitro benzene ring substituents is 2. The van der Waals surface area contributed by atoms with Crippen LogP contribution in [0.25, 0.3) is 0 Å². The van der Waals surface area contributed by atoms with Crippen LogP contribution in [0.1, 0.15) is 72.4 Å². The minimum Gasteiger partial charge on any atom is -0.306 e. The zero-order chi connectivity index (χ0) is 31.1. The molecule has 2 heterocycles. The first kappa shape index (κ1) is 30.4. The summed E-state index contributed by atoms with van der Waals surface area (Å²) in [5.74, 6) is -1.87. The highest BCUT2D eigenvalue weighted by Crippen LogP contribution is 2.37. The van der Waals surface area contributed by atoms with Crippen LogP contribution in [0.15, 0.2) is 36.4 Å². The average molecular weight is 580 g/mol. The van der Waals surface area contributed by atoms with Crippen LogP contribution in [0, 0.1) is 20.2 Å². The van der Waals surface area contributed by atoms with Gasteiger partial charge in [-0.2, -0.15) is 0 Å². The summed E-state index contributed by atoms with van der Waals surface area (Å²) in [5, 5.41) is 22.5. The lowest BCUT2D eigenvalue weighted by Gasteiger charge is -2.37. The van der Waals surface area contributed by atoms with Crippen LogP contribution in [0.2, 0.25) is 0 Å². The van der Waals surface area contributed by atoms with E-state index in [-0.39, 0.29) is 47.4 Å². The Bertz CT molecular complexity index is 1400. The van der Waals surface area contributed by atoms with Crippen molar-refractivity contribution in [2.75, 3.05) is 33.2 Å². The Morgan fingerprint density at radius 2 is 1.05 bits per heavy atom. The monoisotopic (exact) mass is 579 g/mol. The zero-order valence-corrected chi connectivity index (χ0v) is 24.2. The van der Waals surface area contributed by atoms with Crippen molar-refractivity contribution >= 4 is 35.0 Å². The molecule has 0 atom stereocenters. The molecule has 0 radical (unpaired) electrons. The predicted octanol–water partition coefficient (Wildman–Crippen LogP) is 3.44. The van der Waals surface area contributed by atoms with Crippen LogP contribution < -0.4 is 0 Å². The Labute approximate surface area is 242 Å². The van der Waals surface area contributed by atoms with Crippen molar-refractivity contribution in [3.63, 3.8) is 0 Å². The largest absolute Gasteiger partial charge is 0.306 e. The second kappa shape index (κ2) is 11.0. The molecule has 2 aliphatic rings. The summed E-state index contributed by atoms with van der Waals surface area (Å²) >= 11 is 0. The van der Waals surface area contributed by atoms with E-state index in [2.05, 4.69) is 0 Å². The fourth-order valence-corrected chi connectivity index (χ4v) is 5.63. The Morgan fingerprint density at radius 3 is 1.38 bits per heavy atom. The van der Waals surface area contributed by atoms with Gasteiger partial charge in [-0.25, -0.2) is 0 Å². The van der Waals surface area contributed by atoms with Gasteiger partial charge in [-0.1, -0.05) is 12.1 Å². The number of carbonyl (C=O) groups is 4. The number of amides is 4. The van der Waals surface area contributed by atoms with Gasteiger partial charge in [-0.15, -0.1) is 0 Å². The first-order valence-corrected chi connectivity index (χ1v) is 13.6. The van der Waals surface area contributed by atoms with Crippen molar-refractivity contribution in [3.05, 3.63) is 78.9 Å². The molecule has 2 aromatic carbocycles. The quantitative estimate of drug-likeness (QED) is 0.233. The highest BCUT2D eigenvalue weighted by molar-refractivity contribution is 6.14. The smallest absolute Gasteiger partial charge is 0.270 e. The number of benzene rings is 2. The zero-order valence-electron chi connectivity index (χ0n) is 24.2. The summed E-state index contributed by atoms with van der Waals surface area (Å²) in [4.78, 5) is 78.2. The van der Waals surface area contributed by atoms with E-state index < -0.39 is 32.5 Å². The summed E-state index contributed by atoms with van der Waals surface area (Å²) in [6.07, 6.45) is 0.889. The second-order valence-electron chi connectivity index (χ2n) is 11.8. The van der Waals surface area contributed by atoms with Gasteiger partial charge < -0.3 is 4.90 Å². The van der Waals surface area contributed by atoms with Crippen LogP contribution >= 0.6 is 0 Å². The molecule has 0 aliphatic carbocycles. The lowest BCUT2D eigenvalue weighted by atomic mass is 9.77. The number of imide groups is 2. The maximum Gasteiger partial charge on any atom is 0.270 e. The standard InChI is InChI=1S/C29H33N5O8/c1-28(2)22-10-8-18(33(39)40)16-20(22)24(35)31(26(28)37)14-6-12-30(5)13-7-15-32-25(36)21-17-19(34(41)42)9-11-23(21)29(3,4)27(32)38/h8-11,16-17H,6-7,12-15H2,1-5H3. The third-order valence-electron chi connectivity index (χ3n) is 8.13. The van der Waals surface area contributed by atoms with Gasteiger partial charge in [0.15, 0.2) is 0 Å². The number of hydrogen-bond acceptors (Lipinski definition) is 9. The number of rotatable bonds is 10. The van der Waals surface area contributed by atoms with E-state index in [0.29, 0.717) is 37.1 Å². The molecule has 0 aromatic heterocycles. The second-order valence-corrected chi connectivity index (χ2v) is 11.8. The highest BCUT2D eigenvalue weighted by atomic mass is 16.6. The molecule has 0 saturated heterocycles. The first-order chi connectivity index (χ1) is 19.6. The summed E-state index contributed by atoms with van der Waals surface area (Å²) in [6.45, 7) is 8.00. The molecule has 13 heteroatoms. The van der Waals surface area contributed by atoms with Crippen molar-refractivity contribution in [3.8, 4) is 0 Å². The Hall–Kier alpha value is -4.52. The number of hydrogen-bond donors (Lipinski definition) is 0. The Balaban J connectivity index is 1.35. The van der Waals surface area contributed by atoms with Gasteiger partial charge in [0.1, 0.15) is 0 Å². The van der Waals surface area contributed by atoms with Gasteiger partial charge in [0.2, 0.25) is 11.8 Å². The maximum absolute atomic E-state index is 13.2. The molecule has 4 amide bonds. The Kier molecular flexibility index (Phi) is 8.00. The molecular formula is C29H33N5O8. The molecule has 4 rings (SSSR count). The van der Waals surface area contributed by atoms with Crippen molar-refractivity contribution in [1.29, 1.82) is 0 Å². The minimum atomic E-state index is -1.02. The fraction of sp³-hybridized carbons (Fsp3) is 0.448. The van der Waals surface area contributed by atoms with Crippen molar-refractivity contribution in [2.24, 2.45) is 0 Å². The lowest BCUT2D eigenvalue weighted by Crippen LogP contribution is -2.52. The number of carbonyl (C=O) groups excluding carboxylic acids is 4. The van der Waals surface area contributed by atoms with Gasteiger partial charge in [0, 0.05) is 37.4 Å². The van der Waals surface area contributed by atoms with Gasteiger partial charge >= 0.3 is 0 Å². The SMILES string of the molecule is CN(CCCN1C(=O)c2cc([N+](=O)[O-])ccc2C(C)(C)C1=O)CCCN1C(=O)c2cc([N+](=O)[O-])ccc2C(C)(C)C1=O. The van der Waals surface area contributed by atoms with Crippen LogP contribution in [-0.4, -0.2) is 81.4 Å². The molecule has 0 N–H and O–H groups in total. The molecule has 0 unspecified atom stereocenters. The predicted molar refractivity (Wildman–Crippen MR) is 151 cm³/mol. The van der Waals surface area contributed by atoms with Crippen molar-refractivity contribution < 1.29 is 29.0 Å². The topological polar surface area (TPSA) is 164 Å². The van der Waals surface area contributed by atoms with E-state index in [1.54, 1.807) is 27.7 Å². The first-order valence-electron chi connectivity index (χ1n) is 13.6. The average Bonchev–Trinajstić information content (AvgIpc) is 2.94. The van der Waals surface area contributed by atoms with E-state index in [1.165, 1.54) is 36.4 Å². The van der Waals surface area contributed by atoms with Crippen molar-refractivity contribution in [1.82, 2.24) is 14.7 Å². The summed E-state index contributed by atoms with van der Waals surface area (Å²) in [5.41, 5.74) is -1.28. The Morgan fingerprint density at radius 1 is 0.690 bits per heavy atom. The molecule has 2 aromatic rings. The number of nitrogens with zero attached hydrogens (tertiary/aromatic N) is 5. The molecular weight excluding hydrogens is 546 g/mol. The van der Waals surface area contributed by atoms with Crippen LogP contribution in [0.4, 0.5) is 11.4 Å². The number of nitro groups is 2. The molecule has 2 aliphatic heterocycles. The van der Waals surface area contributed by atoms with Gasteiger partial charge in [0.25, 0.3) is 23.2 Å². The third-order valence-corrected chi connectivity index (χ3v) is 8.13. The number of fused-ring (bicyclic) bond motifs is 2. The van der Waals surface area contributed by atoms with Gasteiger partial charge in [-0.05, 0) is 71.8 Å². The molecule has 13 nitrogen and oxygen atoms in total. The van der Waals surface area contributed by atoms with Crippen LogP contribution in [-0.2, 0) is 20.4 Å². The highest BCUT2D eigenvalue weighted by Gasteiger charge is 2.46. The van der Waals surface area contributed by atoms with Crippen molar-refractivity contribution in [2.45, 2.75) is 51.4 Å². The lowest BCUT2D eigenvalue weighted by molar-refractivity contribution is -0.385. The van der Waals surface area contributed by atoms with Gasteiger partial charge in [-0.3, -0.25) is 49.2 Å². The molecule has 0 saturated carbocycles. The van der Waals surface area contributed by atoms with E-state index >= 15 is 0 Å². The van der Waals surface area contributed by atoms with E-state index in [4.69, 9.17) is 0 Å². The molecule has 222 valence electrons. The van der Waals surface area contributed by atoms with Crippen LogP contribution in [0.3, 0.4) is 0 Å². The third kappa shape index (κ3) is 5.27. The van der Waals surface area contributed by atoms with E-state index in [0.717, 1.165) is 9.80 Å². The van der Waals surface area contributed by atoms with E-state index in [9.17, 15) is 39.4 Å². The summed E-state index contributed by atoms with van der Waals surface area (Å²) in [7, 11) is 1.84. The summed E-state index contributed by atoms with van der Waals surface area (Å²) in [6, 6.07) is 7.94. The minimum absolute atomic E-state index is 0.125. The van der Waals surface area contributed by atoms with Crippen LogP contribution in [0.5, 0.6) is 0 Å². The van der Waals surface area contributed by atoms with E-state index in [1.807, 2.05) is 11.9 Å². The normalized spacial score (nSPS) is 17.4.